The SMILES string of the molecule is C=CCNC(=O)CS(=O)(=O)c1cc(Cl)cc(C(=O)O)c1F. The average Bonchev–Trinajstić information content (AvgIpc) is 2.37. The van der Waals surface area contributed by atoms with Crippen LogP contribution in [0.1, 0.15) is 10.4 Å². The zero-order valence-electron chi connectivity index (χ0n) is 10.6. The fourth-order valence-electron chi connectivity index (χ4n) is 1.43. The van der Waals surface area contributed by atoms with Crippen molar-refractivity contribution in [1.29, 1.82) is 0 Å². The van der Waals surface area contributed by atoms with Gasteiger partial charge < -0.3 is 10.4 Å². The molecule has 0 aliphatic heterocycles. The van der Waals surface area contributed by atoms with E-state index in [0.717, 1.165) is 12.1 Å². The van der Waals surface area contributed by atoms with Gasteiger partial charge in [-0.1, -0.05) is 17.7 Å². The molecule has 0 radical (unpaired) electrons. The minimum Gasteiger partial charge on any atom is -0.478 e. The number of nitrogens with one attached hydrogen (secondary N) is 1. The molecular weight excluding hydrogens is 325 g/mol. The molecule has 114 valence electrons. The van der Waals surface area contributed by atoms with Crippen LogP contribution in [0, 0.1) is 5.82 Å². The third-order valence-corrected chi connectivity index (χ3v) is 4.16. The summed E-state index contributed by atoms with van der Waals surface area (Å²) in [6, 6.07) is 1.55. The largest absolute Gasteiger partial charge is 0.478 e. The highest BCUT2D eigenvalue weighted by Crippen LogP contribution is 2.24. The van der Waals surface area contributed by atoms with Crippen molar-refractivity contribution in [3.05, 3.63) is 41.2 Å². The van der Waals surface area contributed by atoms with Crippen molar-refractivity contribution >= 4 is 33.3 Å². The number of rotatable bonds is 6. The van der Waals surface area contributed by atoms with Gasteiger partial charge in [-0.05, 0) is 12.1 Å². The fourth-order valence-corrected chi connectivity index (χ4v) is 3.01. The van der Waals surface area contributed by atoms with Crippen LogP contribution in [0.4, 0.5) is 4.39 Å². The van der Waals surface area contributed by atoms with E-state index in [2.05, 4.69) is 11.9 Å². The van der Waals surface area contributed by atoms with E-state index in [9.17, 15) is 22.4 Å². The zero-order chi connectivity index (χ0) is 16.2. The van der Waals surface area contributed by atoms with Crippen LogP contribution in [0.15, 0.2) is 29.7 Å². The number of carboxylic acid groups (broad SMARTS) is 1. The van der Waals surface area contributed by atoms with E-state index in [0.29, 0.717) is 0 Å². The summed E-state index contributed by atoms with van der Waals surface area (Å²) in [5.74, 6) is -5.02. The number of aromatic carboxylic acids is 1. The monoisotopic (exact) mass is 335 g/mol. The minimum absolute atomic E-state index is 0.0484. The van der Waals surface area contributed by atoms with Gasteiger partial charge in [0.25, 0.3) is 0 Å². The van der Waals surface area contributed by atoms with Crippen molar-refractivity contribution in [2.75, 3.05) is 12.3 Å². The van der Waals surface area contributed by atoms with Crippen molar-refractivity contribution < 1.29 is 27.5 Å². The number of carboxylic acids is 1. The first-order chi connectivity index (χ1) is 9.69. The van der Waals surface area contributed by atoms with E-state index in [1.165, 1.54) is 6.08 Å². The first-order valence-corrected chi connectivity index (χ1v) is 7.54. The summed E-state index contributed by atoms with van der Waals surface area (Å²) >= 11 is 5.58. The first kappa shape index (κ1) is 17.1. The molecule has 0 unspecified atom stereocenters. The molecule has 2 N–H and O–H groups in total. The van der Waals surface area contributed by atoms with Crippen molar-refractivity contribution in [2.24, 2.45) is 0 Å². The Kier molecular flexibility index (Phi) is 5.45. The van der Waals surface area contributed by atoms with Gasteiger partial charge in [0, 0.05) is 11.6 Å². The number of sulfone groups is 1. The zero-order valence-corrected chi connectivity index (χ0v) is 12.2. The molecule has 1 aromatic rings. The van der Waals surface area contributed by atoms with Crippen molar-refractivity contribution in [3.63, 3.8) is 0 Å². The highest BCUT2D eigenvalue weighted by molar-refractivity contribution is 7.92. The van der Waals surface area contributed by atoms with Crippen LogP contribution in [-0.4, -0.2) is 37.7 Å². The Bertz CT molecular complexity index is 702. The van der Waals surface area contributed by atoms with Gasteiger partial charge in [-0.2, -0.15) is 0 Å². The molecule has 0 aromatic heterocycles. The number of amides is 1. The molecular formula is C12H11ClFNO5S. The number of carbonyl (C=O) groups is 2. The predicted molar refractivity (Wildman–Crippen MR) is 73.6 cm³/mol. The summed E-state index contributed by atoms with van der Waals surface area (Å²) in [7, 11) is -4.37. The molecule has 0 atom stereocenters. The topological polar surface area (TPSA) is 101 Å². The fraction of sp³-hybridized carbons (Fsp3) is 0.167. The quantitative estimate of drug-likeness (QED) is 0.762. The Morgan fingerprint density at radius 2 is 2.05 bits per heavy atom. The number of carbonyl (C=O) groups excluding carboxylic acids is 1. The average molecular weight is 336 g/mol. The lowest BCUT2D eigenvalue weighted by Gasteiger charge is -2.08. The van der Waals surface area contributed by atoms with Gasteiger partial charge in [0.1, 0.15) is 10.6 Å². The Morgan fingerprint density at radius 1 is 1.43 bits per heavy atom. The second kappa shape index (κ2) is 6.68. The van der Waals surface area contributed by atoms with Crippen molar-refractivity contribution in [3.8, 4) is 0 Å². The van der Waals surface area contributed by atoms with Crippen LogP contribution in [0.2, 0.25) is 5.02 Å². The van der Waals surface area contributed by atoms with E-state index in [1.54, 1.807) is 0 Å². The lowest BCUT2D eigenvalue weighted by molar-refractivity contribution is -0.118. The second-order valence-electron chi connectivity index (χ2n) is 3.92. The summed E-state index contributed by atoms with van der Waals surface area (Å²) in [4.78, 5) is 21.3. The van der Waals surface area contributed by atoms with E-state index < -0.39 is 43.7 Å². The molecule has 0 bridgehead atoms. The van der Waals surface area contributed by atoms with Crippen LogP contribution in [0.5, 0.6) is 0 Å². The second-order valence-corrected chi connectivity index (χ2v) is 6.32. The van der Waals surface area contributed by atoms with Gasteiger partial charge in [-0.3, -0.25) is 4.79 Å². The third-order valence-electron chi connectivity index (χ3n) is 2.33. The van der Waals surface area contributed by atoms with E-state index >= 15 is 0 Å². The number of hydrogen-bond donors (Lipinski definition) is 2. The number of hydrogen-bond acceptors (Lipinski definition) is 4. The number of halogens is 2. The van der Waals surface area contributed by atoms with Gasteiger partial charge in [-0.25, -0.2) is 17.6 Å². The van der Waals surface area contributed by atoms with E-state index in [1.807, 2.05) is 0 Å². The van der Waals surface area contributed by atoms with Crippen LogP contribution < -0.4 is 5.32 Å². The molecule has 9 heteroatoms. The molecule has 0 aliphatic rings. The lowest BCUT2D eigenvalue weighted by atomic mass is 10.2. The van der Waals surface area contributed by atoms with Crippen molar-refractivity contribution in [1.82, 2.24) is 5.32 Å². The summed E-state index contributed by atoms with van der Waals surface area (Å²) in [6.45, 7) is 3.39. The van der Waals surface area contributed by atoms with Gasteiger partial charge in [0.2, 0.25) is 5.91 Å². The summed E-state index contributed by atoms with van der Waals surface area (Å²) < 4.78 is 37.9. The molecule has 0 heterocycles. The lowest BCUT2D eigenvalue weighted by Crippen LogP contribution is -2.30. The maximum Gasteiger partial charge on any atom is 0.338 e. The molecule has 0 aliphatic carbocycles. The summed E-state index contributed by atoms with van der Waals surface area (Å²) in [5.41, 5.74) is -0.882. The third kappa shape index (κ3) is 4.27. The maximum absolute atomic E-state index is 13.9. The highest BCUT2D eigenvalue weighted by atomic mass is 35.5. The molecule has 6 nitrogen and oxygen atoms in total. The maximum atomic E-state index is 13.9. The van der Waals surface area contributed by atoms with Gasteiger partial charge in [-0.15, -0.1) is 6.58 Å². The Labute approximate surface area is 125 Å². The van der Waals surface area contributed by atoms with E-state index in [-0.39, 0.29) is 11.6 Å². The first-order valence-electron chi connectivity index (χ1n) is 5.51. The summed E-state index contributed by atoms with van der Waals surface area (Å²) in [5, 5.41) is 10.8. The van der Waals surface area contributed by atoms with Crippen LogP contribution in [0.3, 0.4) is 0 Å². The summed E-state index contributed by atoms with van der Waals surface area (Å²) in [6.07, 6.45) is 1.34. The number of benzene rings is 1. The van der Waals surface area contributed by atoms with Crippen LogP contribution in [0.25, 0.3) is 0 Å². The van der Waals surface area contributed by atoms with Gasteiger partial charge >= 0.3 is 5.97 Å². The van der Waals surface area contributed by atoms with Gasteiger partial charge in [0.05, 0.1) is 5.56 Å². The molecule has 0 saturated carbocycles. The minimum atomic E-state index is -4.37. The predicted octanol–water partition coefficient (Wildman–Crippen LogP) is 1.25. The standard InChI is InChI=1S/C12H11ClFNO5S/c1-2-3-15-10(16)6-21(19,20)9-5-7(13)4-8(11(9)14)12(17)18/h2,4-5H,1,3,6H2,(H,15,16)(H,17,18). The normalized spacial score (nSPS) is 11.0. The molecule has 1 aromatic carbocycles. The smallest absolute Gasteiger partial charge is 0.338 e. The Morgan fingerprint density at radius 3 is 2.57 bits per heavy atom. The van der Waals surface area contributed by atoms with Gasteiger partial charge in [0.15, 0.2) is 15.7 Å². The van der Waals surface area contributed by atoms with Crippen LogP contribution >= 0.6 is 11.6 Å². The molecule has 1 rings (SSSR count). The van der Waals surface area contributed by atoms with E-state index in [4.69, 9.17) is 16.7 Å². The van der Waals surface area contributed by atoms with Crippen molar-refractivity contribution in [2.45, 2.75) is 4.90 Å². The van der Waals surface area contributed by atoms with Crippen LogP contribution in [-0.2, 0) is 14.6 Å². The highest BCUT2D eigenvalue weighted by Gasteiger charge is 2.27. The molecule has 0 spiro atoms. The molecule has 0 fully saturated rings. The molecule has 1 amide bonds. The Hall–Kier alpha value is -1.93. The molecule has 0 saturated heterocycles. The molecule has 21 heavy (non-hydrogen) atoms. The Balaban J connectivity index is 3.23.